The number of rotatable bonds is 8. The van der Waals surface area contributed by atoms with Crippen LogP contribution in [-0.4, -0.2) is 79.9 Å². The number of aryl methyl sites for hydroxylation is 1. The largest absolute Gasteiger partial charge is 0.340 e. The van der Waals surface area contributed by atoms with Crippen LogP contribution in [0.3, 0.4) is 0 Å². The van der Waals surface area contributed by atoms with E-state index < -0.39 is 0 Å². The summed E-state index contributed by atoms with van der Waals surface area (Å²) in [7, 11) is 0. The molecule has 2 fully saturated rings. The summed E-state index contributed by atoms with van der Waals surface area (Å²) in [5, 5.41) is 9.85. The first-order chi connectivity index (χ1) is 20.6. The van der Waals surface area contributed by atoms with Gasteiger partial charge in [0, 0.05) is 63.0 Å². The minimum atomic E-state index is 0.101. The molecular weight excluding hydrogens is 528 g/mol. The molecule has 1 aromatic carbocycles. The first kappa shape index (κ1) is 27.7. The van der Waals surface area contributed by atoms with Crippen molar-refractivity contribution in [1.29, 1.82) is 0 Å². The van der Waals surface area contributed by atoms with Gasteiger partial charge >= 0.3 is 0 Å². The molecule has 6 rings (SSSR count). The maximum absolute atomic E-state index is 13.0. The quantitative estimate of drug-likeness (QED) is 0.291. The number of pyridine rings is 1. The predicted molar refractivity (Wildman–Crippen MR) is 162 cm³/mol. The van der Waals surface area contributed by atoms with E-state index in [2.05, 4.69) is 57.9 Å². The van der Waals surface area contributed by atoms with Crippen molar-refractivity contribution in [3.63, 3.8) is 0 Å². The lowest BCUT2D eigenvalue weighted by Gasteiger charge is -2.36. The molecule has 42 heavy (non-hydrogen) atoms. The Morgan fingerprint density at radius 1 is 0.905 bits per heavy atom. The zero-order chi connectivity index (χ0) is 28.7. The molecule has 0 spiro atoms. The maximum atomic E-state index is 13.0. The molecule has 2 saturated heterocycles. The lowest BCUT2D eigenvalue weighted by molar-refractivity contribution is -0.138. The summed E-state index contributed by atoms with van der Waals surface area (Å²) in [5.74, 6) is 2.67. The van der Waals surface area contributed by atoms with Crippen molar-refractivity contribution in [3.05, 3.63) is 78.2 Å². The van der Waals surface area contributed by atoms with Crippen LogP contribution in [0.5, 0.6) is 0 Å². The molecule has 5 heterocycles. The molecular formula is C31H36N10O. The summed E-state index contributed by atoms with van der Waals surface area (Å²) in [5.41, 5.74) is 3.74. The van der Waals surface area contributed by atoms with Gasteiger partial charge in [-0.1, -0.05) is 18.2 Å². The average molecular weight is 565 g/mol. The van der Waals surface area contributed by atoms with Gasteiger partial charge in [-0.15, -0.1) is 0 Å². The van der Waals surface area contributed by atoms with E-state index in [1.54, 1.807) is 24.5 Å². The zero-order valence-corrected chi connectivity index (χ0v) is 23.8. The Labute approximate surface area is 245 Å². The van der Waals surface area contributed by atoms with Gasteiger partial charge in [-0.05, 0) is 68.3 Å². The van der Waals surface area contributed by atoms with Crippen LogP contribution < -0.4 is 16.0 Å². The lowest BCUT2D eigenvalue weighted by atomic mass is 9.95. The number of amides is 1. The second-order valence-corrected chi connectivity index (χ2v) is 10.8. The Hall–Kier alpha value is -4.48. The summed E-state index contributed by atoms with van der Waals surface area (Å²) in [6.45, 7) is 8.05. The highest BCUT2D eigenvalue weighted by Crippen LogP contribution is 2.23. The van der Waals surface area contributed by atoms with Crippen LogP contribution in [0.4, 0.5) is 23.3 Å². The van der Waals surface area contributed by atoms with Gasteiger partial charge in [-0.25, -0.2) is 19.9 Å². The third-order valence-corrected chi connectivity index (χ3v) is 7.58. The minimum absolute atomic E-state index is 0.101. The van der Waals surface area contributed by atoms with Crippen molar-refractivity contribution in [2.24, 2.45) is 5.92 Å². The number of likely N-dealkylation sites (tertiary alicyclic amines) is 1. The normalized spacial score (nSPS) is 17.5. The average Bonchev–Trinajstić information content (AvgIpc) is 3.03. The van der Waals surface area contributed by atoms with Gasteiger partial charge in [0.25, 0.3) is 0 Å². The number of piperidine rings is 1. The van der Waals surface area contributed by atoms with Crippen LogP contribution in [0, 0.1) is 12.8 Å². The first-order valence-electron chi connectivity index (χ1n) is 14.5. The summed E-state index contributed by atoms with van der Waals surface area (Å²) in [6.07, 6.45) is 5.44. The molecule has 4 aromatic rings. The first-order valence-corrected chi connectivity index (χ1v) is 14.5. The second kappa shape index (κ2) is 13.0. The Morgan fingerprint density at radius 3 is 2.50 bits per heavy atom. The van der Waals surface area contributed by atoms with Crippen molar-refractivity contribution in [3.8, 4) is 11.5 Å². The number of carbonyl (C=O) groups is 1. The number of hydrogen-bond acceptors (Lipinski definition) is 10. The maximum Gasteiger partial charge on any atom is 0.229 e. The van der Waals surface area contributed by atoms with Crippen molar-refractivity contribution in [2.45, 2.75) is 26.3 Å². The number of carbonyl (C=O) groups excluding carboxylic acids is 1. The molecule has 1 unspecified atom stereocenters. The third-order valence-electron chi connectivity index (χ3n) is 7.58. The van der Waals surface area contributed by atoms with Gasteiger partial charge in [0.05, 0.1) is 5.92 Å². The Kier molecular flexibility index (Phi) is 8.57. The topological polar surface area (TPSA) is 124 Å². The summed E-state index contributed by atoms with van der Waals surface area (Å²) in [6, 6.07) is 17.7. The van der Waals surface area contributed by atoms with Crippen LogP contribution in [0.15, 0.2) is 67.0 Å². The molecule has 0 radical (unpaired) electrons. The summed E-state index contributed by atoms with van der Waals surface area (Å²) >= 11 is 0. The van der Waals surface area contributed by atoms with Gasteiger partial charge in [0.15, 0.2) is 5.82 Å². The van der Waals surface area contributed by atoms with Crippen LogP contribution in [0.1, 0.15) is 24.1 Å². The molecule has 11 heteroatoms. The van der Waals surface area contributed by atoms with Crippen LogP contribution in [0.2, 0.25) is 0 Å². The van der Waals surface area contributed by atoms with Gasteiger partial charge in [-0.2, -0.15) is 4.98 Å². The van der Waals surface area contributed by atoms with Gasteiger partial charge in [0.1, 0.15) is 17.3 Å². The molecule has 216 valence electrons. The van der Waals surface area contributed by atoms with Crippen LogP contribution in [0.25, 0.3) is 11.5 Å². The van der Waals surface area contributed by atoms with Crippen molar-refractivity contribution in [2.75, 3.05) is 49.9 Å². The fraction of sp³-hybridized carbons (Fsp3) is 0.355. The summed E-state index contributed by atoms with van der Waals surface area (Å²) < 4.78 is 0. The van der Waals surface area contributed by atoms with E-state index in [9.17, 15) is 4.79 Å². The van der Waals surface area contributed by atoms with Gasteiger partial charge in [-0.3, -0.25) is 9.69 Å². The standard InChI is InChI=1S/C31H36N10O/c1-22-4-2-6-26(35-22)29-33-13-11-27(38-29)37-28-12-14-34-31(39-28)36-25-9-7-23(8-10-25)20-40-17-3-5-24(21-40)30(42)41-18-15-32-16-19-41/h2,4,6-14,24,32H,3,5,15-21H2,1H3,(H2,33,34,36,37,38,39). The fourth-order valence-electron chi connectivity index (χ4n) is 5.46. The molecule has 2 aliphatic heterocycles. The Morgan fingerprint density at radius 2 is 1.69 bits per heavy atom. The van der Waals surface area contributed by atoms with Crippen molar-refractivity contribution < 1.29 is 4.79 Å². The Bertz CT molecular complexity index is 1510. The molecule has 0 saturated carbocycles. The van der Waals surface area contributed by atoms with E-state index in [0.717, 1.165) is 75.7 Å². The predicted octanol–water partition coefficient (Wildman–Crippen LogP) is 3.77. The number of anilines is 4. The SMILES string of the molecule is Cc1cccc(-c2nccc(Nc3ccnc(Nc4ccc(CN5CCCC(C(=O)N6CCNCC6)C5)cc4)n3)n2)n1. The number of piperazine rings is 1. The molecule has 3 aromatic heterocycles. The number of nitrogens with one attached hydrogen (secondary N) is 3. The van der Waals surface area contributed by atoms with E-state index in [1.807, 2.05) is 42.2 Å². The molecule has 11 nitrogen and oxygen atoms in total. The van der Waals surface area contributed by atoms with Crippen LogP contribution >= 0.6 is 0 Å². The second-order valence-electron chi connectivity index (χ2n) is 10.8. The minimum Gasteiger partial charge on any atom is -0.340 e. The lowest BCUT2D eigenvalue weighted by Crippen LogP contribution is -2.51. The fourth-order valence-corrected chi connectivity index (χ4v) is 5.46. The molecule has 3 N–H and O–H groups in total. The smallest absolute Gasteiger partial charge is 0.229 e. The highest BCUT2D eigenvalue weighted by atomic mass is 16.2. The number of hydrogen-bond donors (Lipinski definition) is 3. The monoisotopic (exact) mass is 564 g/mol. The van der Waals surface area contributed by atoms with E-state index in [-0.39, 0.29) is 5.92 Å². The van der Waals surface area contributed by atoms with E-state index >= 15 is 0 Å². The Balaban J connectivity index is 1.04. The van der Waals surface area contributed by atoms with Gasteiger partial charge < -0.3 is 20.9 Å². The van der Waals surface area contributed by atoms with E-state index in [1.165, 1.54) is 5.56 Å². The molecule has 2 aliphatic rings. The van der Waals surface area contributed by atoms with Crippen molar-refractivity contribution in [1.82, 2.24) is 40.0 Å². The molecule has 1 atom stereocenters. The molecule has 0 bridgehead atoms. The molecule has 0 aliphatic carbocycles. The third kappa shape index (κ3) is 7.04. The molecule has 1 amide bonds. The number of nitrogens with zero attached hydrogens (tertiary/aromatic N) is 7. The number of aromatic nitrogens is 5. The zero-order valence-electron chi connectivity index (χ0n) is 23.8. The highest BCUT2D eigenvalue weighted by Gasteiger charge is 2.29. The van der Waals surface area contributed by atoms with E-state index in [4.69, 9.17) is 0 Å². The van der Waals surface area contributed by atoms with Crippen LogP contribution in [-0.2, 0) is 11.3 Å². The van der Waals surface area contributed by atoms with E-state index in [0.29, 0.717) is 29.3 Å². The van der Waals surface area contributed by atoms with Crippen molar-refractivity contribution >= 4 is 29.2 Å². The highest BCUT2D eigenvalue weighted by molar-refractivity contribution is 5.79. The number of benzene rings is 1. The summed E-state index contributed by atoms with van der Waals surface area (Å²) in [4.78, 5) is 39.9. The van der Waals surface area contributed by atoms with Gasteiger partial charge in [0.2, 0.25) is 11.9 Å².